The van der Waals surface area contributed by atoms with Crippen LogP contribution in [0.4, 0.5) is 5.69 Å². The second-order valence-electron chi connectivity index (χ2n) is 3.96. The van der Waals surface area contributed by atoms with Crippen LogP contribution in [0.2, 0.25) is 0 Å². The predicted molar refractivity (Wildman–Crippen MR) is 73.8 cm³/mol. The summed E-state index contributed by atoms with van der Waals surface area (Å²) in [6.45, 7) is 2.11. The zero-order valence-corrected chi connectivity index (χ0v) is 11.2. The van der Waals surface area contributed by atoms with Crippen LogP contribution in [-0.4, -0.2) is 22.6 Å². The summed E-state index contributed by atoms with van der Waals surface area (Å²) in [7, 11) is 0. The van der Waals surface area contributed by atoms with E-state index in [0.717, 1.165) is 5.56 Å². The second-order valence-corrected chi connectivity index (χ2v) is 3.96. The first-order valence-corrected chi connectivity index (χ1v) is 5.58. The van der Waals surface area contributed by atoms with Gasteiger partial charge in [-0.2, -0.15) is 4.98 Å². The quantitative estimate of drug-likeness (QED) is 0.890. The summed E-state index contributed by atoms with van der Waals surface area (Å²) in [5.41, 5.74) is 6.97. The average molecular weight is 283 g/mol. The van der Waals surface area contributed by atoms with Crippen LogP contribution in [0, 0.1) is 5.92 Å². The minimum atomic E-state index is -0.207. The van der Waals surface area contributed by atoms with E-state index in [-0.39, 0.29) is 24.2 Å². The van der Waals surface area contributed by atoms with Crippen LogP contribution < -0.4 is 11.1 Å². The number of hydrogen-bond donors (Lipinski definition) is 2. The number of carbonyl (C=O) groups excluding carboxylic acids is 1. The van der Waals surface area contributed by atoms with Gasteiger partial charge in [0, 0.05) is 23.7 Å². The number of benzene rings is 1. The zero-order chi connectivity index (χ0) is 13.0. The van der Waals surface area contributed by atoms with E-state index < -0.39 is 0 Å². The van der Waals surface area contributed by atoms with Gasteiger partial charge < -0.3 is 15.6 Å². The van der Waals surface area contributed by atoms with Crippen molar-refractivity contribution in [2.75, 3.05) is 11.9 Å². The van der Waals surface area contributed by atoms with Crippen LogP contribution in [0.3, 0.4) is 0 Å². The molecule has 6 nitrogen and oxygen atoms in total. The fourth-order valence-electron chi connectivity index (χ4n) is 1.37. The maximum Gasteiger partial charge on any atom is 0.228 e. The molecule has 3 N–H and O–H groups in total. The van der Waals surface area contributed by atoms with Crippen molar-refractivity contribution in [2.45, 2.75) is 6.92 Å². The third kappa shape index (κ3) is 3.77. The first kappa shape index (κ1) is 15.1. The molecular weight excluding hydrogens is 268 g/mol. The molecule has 0 spiro atoms. The highest BCUT2D eigenvalue weighted by atomic mass is 35.5. The summed E-state index contributed by atoms with van der Waals surface area (Å²) < 4.78 is 4.66. The average Bonchev–Trinajstić information content (AvgIpc) is 2.92. The molecule has 1 aromatic carbocycles. The second kappa shape index (κ2) is 6.86. The highest BCUT2D eigenvalue weighted by Crippen LogP contribution is 2.17. The molecule has 1 heterocycles. The van der Waals surface area contributed by atoms with Crippen molar-refractivity contribution >= 4 is 24.0 Å². The topological polar surface area (TPSA) is 94.0 Å². The minimum Gasteiger partial charge on any atom is -0.342 e. The molecule has 1 atom stereocenters. The van der Waals surface area contributed by atoms with Gasteiger partial charge in [0.15, 0.2) is 0 Å². The van der Waals surface area contributed by atoms with Gasteiger partial charge in [-0.05, 0) is 24.3 Å². The largest absolute Gasteiger partial charge is 0.342 e. The number of nitrogens with one attached hydrogen (secondary N) is 1. The van der Waals surface area contributed by atoms with Gasteiger partial charge in [0.1, 0.15) is 0 Å². The molecule has 1 unspecified atom stereocenters. The first-order chi connectivity index (χ1) is 8.70. The summed E-state index contributed by atoms with van der Waals surface area (Å²) in [5.74, 6) is 0.217. The molecule has 0 saturated heterocycles. The van der Waals surface area contributed by atoms with Gasteiger partial charge in [-0.25, -0.2) is 0 Å². The Morgan fingerprint density at radius 1 is 1.42 bits per heavy atom. The Labute approximate surface area is 116 Å². The molecule has 2 rings (SSSR count). The van der Waals surface area contributed by atoms with E-state index in [1.165, 1.54) is 6.39 Å². The van der Waals surface area contributed by atoms with Gasteiger partial charge >= 0.3 is 0 Å². The summed E-state index contributed by atoms with van der Waals surface area (Å²) in [4.78, 5) is 15.6. The number of halogens is 1. The first-order valence-electron chi connectivity index (χ1n) is 5.58. The summed E-state index contributed by atoms with van der Waals surface area (Å²) in [5, 5.41) is 6.51. The van der Waals surface area contributed by atoms with Crippen LogP contribution in [0.1, 0.15) is 6.92 Å². The molecule has 0 aliphatic heterocycles. The fourth-order valence-corrected chi connectivity index (χ4v) is 1.37. The molecule has 1 aromatic heterocycles. The number of nitrogens with zero attached hydrogens (tertiary/aromatic N) is 2. The van der Waals surface area contributed by atoms with Crippen LogP contribution in [-0.2, 0) is 4.79 Å². The molecule has 0 radical (unpaired) electrons. The lowest BCUT2D eigenvalue weighted by molar-refractivity contribution is -0.119. The predicted octanol–water partition coefficient (Wildman–Crippen LogP) is 1.69. The van der Waals surface area contributed by atoms with Crippen LogP contribution in [0.5, 0.6) is 0 Å². The van der Waals surface area contributed by atoms with Gasteiger partial charge in [-0.1, -0.05) is 12.1 Å². The Morgan fingerprint density at radius 2 is 2.11 bits per heavy atom. The molecule has 0 bridgehead atoms. The van der Waals surface area contributed by atoms with Gasteiger partial charge in [0.25, 0.3) is 0 Å². The molecule has 1 amide bonds. The third-order valence-electron chi connectivity index (χ3n) is 2.57. The van der Waals surface area contributed by atoms with E-state index >= 15 is 0 Å². The molecular formula is C12H15ClN4O2. The number of nitrogens with two attached hydrogens (primary N) is 1. The van der Waals surface area contributed by atoms with Gasteiger partial charge in [0.2, 0.25) is 18.1 Å². The summed E-state index contributed by atoms with van der Waals surface area (Å²) in [6, 6.07) is 7.20. The Hall–Kier alpha value is -1.92. The highest BCUT2D eigenvalue weighted by molar-refractivity contribution is 5.92. The van der Waals surface area contributed by atoms with E-state index in [1.54, 1.807) is 19.1 Å². The van der Waals surface area contributed by atoms with Crippen molar-refractivity contribution in [2.24, 2.45) is 11.7 Å². The van der Waals surface area contributed by atoms with Crippen molar-refractivity contribution in [3.63, 3.8) is 0 Å². The zero-order valence-electron chi connectivity index (χ0n) is 10.4. The molecule has 0 saturated carbocycles. The van der Waals surface area contributed by atoms with E-state index in [2.05, 4.69) is 20.0 Å². The van der Waals surface area contributed by atoms with Crippen molar-refractivity contribution in [3.8, 4) is 11.4 Å². The minimum absolute atomic E-state index is 0. The summed E-state index contributed by atoms with van der Waals surface area (Å²) >= 11 is 0. The maximum absolute atomic E-state index is 11.6. The van der Waals surface area contributed by atoms with Crippen molar-refractivity contribution < 1.29 is 9.32 Å². The molecule has 0 aliphatic rings. The lowest BCUT2D eigenvalue weighted by Crippen LogP contribution is -2.26. The Balaban J connectivity index is 0.00000180. The number of rotatable bonds is 4. The molecule has 2 aromatic rings. The Kier molecular flexibility index (Phi) is 5.47. The van der Waals surface area contributed by atoms with Crippen LogP contribution in [0.15, 0.2) is 35.2 Å². The molecule has 0 aliphatic carbocycles. The van der Waals surface area contributed by atoms with Crippen LogP contribution in [0.25, 0.3) is 11.4 Å². The standard InChI is InChI=1S/C12H14N4O2.ClH/c1-8(6-13)12(17)15-10-4-2-9(3-5-10)11-14-7-18-16-11;/h2-5,7-8H,6,13H2,1H3,(H,15,17);1H. The number of anilines is 1. The smallest absolute Gasteiger partial charge is 0.228 e. The molecule has 19 heavy (non-hydrogen) atoms. The Bertz CT molecular complexity index is 513. The van der Waals surface area contributed by atoms with Crippen molar-refractivity contribution in [3.05, 3.63) is 30.7 Å². The lowest BCUT2D eigenvalue weighted by atomic mass is 10.1. The SMILES string of the molecule is CC(CN)C(=O)Nc1ccc(-c2ncon2)cc1.Cl. The molecule has 7 heteroatoms. The van der Waals surface area contributed by atoms with Gasteiger partial charge in [0.05, 0.1) is 0 Å². The van der Waals surface area contributed by atoms with Gasteiger partial charge in [-0.15, -0.1) is 12.4 Å². The van der Waals surface area contributed by atoms with E-state index in [4.69, 9.17) is 5.73 Å². The lowest BCUT2D eigenvalue weighted by Gasteiger charge is -2.09. The number of hydrogen-bond acceptors (Lipinski definition) is 5. The van der Waals surface area contributed by atoms with E-state index in [1.807, 2.05) is 12.1 Å². The molecule has 102 valence electrons. The van der Waals surface area contributed by atoms with Gasteiger partial charge in [-0.3, -0.25) is 4.79 Å². The summed E-state index contributed by atoms with van der Waals surface area (Å²) in [6.07, 6.45) is 1.27. The monoisotopic (exact) mass is 282 g/mol. The highest BCUT2D eigenvalue weighted by Gasteiger charge is 2.11. The van der Waals surface area contributed by atoms with E-state index in [9.17, 15) is 4.79 Å². The number of amides is 1. The van der Waals surface area contributed by atoms with Crippen LogP contribution >= 0.6 is 12.4 Å². The molecule has 0 fully saturated rings. The normalized spacial score (nSPS) is 11.5. The van der Waals surface area contributed by atoms with E-state index in [0.29, 0.717) is 18.1 Å². The maximum atomic E-state index is 11.6. The number of carbonyl (C=O) groups is 1. The van der Waals surface area contributed by atoms with Crippen molar-refractivity contribution in [1.82, 2.24) is 10.1 Å². The van der Waals surface area contributed by atoms with Crippen molar-refractivity contribution in [1.29, 1.82) is 0 Å². The number of aromatic nitrogens is 2. The fraction of sp³-hybridized carbons (Fsp3) is 0.250. The Morgan fingerprint density at radius 3 is 2.63 bits per heavy atom. The third-order valence-corrected chi connectivity index (χ3v) is 2.57.